The van der Waals surface area contributed by atoms with Gasteiger partial charge in [0.2, 0.25) is 0 Å². The zero-order valence-electron chi connectivity index (χ0n) is 10.4. The molecule has 0 saturated carbocycles. The van der Waals surface area contributed by atoms with Gasteiger partial charge in [0.05, 0.1) is 17.9 Å². The Hall–Kier alpha value is -2.36. The molecular weight excluding hydrogens is 291 g/mol. The van der Waals surface area contributed by atoms with Crippen LogP contribution >= 0.6 is 0 Å². The number of benzene rings is 1. The van der Waals surface area contributed by atoms with E-state index in [1.807, 2.05) is 4.72 Å². The number of amides is 1. The average Bonchev–Trinajstić information content (AvgIpc) is 2.26. The Balaban J connectivity index is 3.01. The molecule has 0 bridgehead atoms. The minimum absolute atomic E-state index is 0.0139. The SMILES string of the molecule is CCOC(=O)NS(=O)(=O)Nc1cccc(F)c1C(=N)N. The number of rotatable bonds is 5. The molecule has 0 radical (unpaired) electrons. The summed E-state index contributed by atoms with van der Waals surface area (Å²) in [6.07, 6.45) is -1.18. The molecule has 0 heterocycles. The molecule has 1 amide bonds. The van der Waals surface area contributed by atoms with Gasteiger partial charge in [-0.3, -0.25) is 10.1 Å². The largest absolute Gasteiger partial charge is 0.449 e. The van der Waals surface area contributed by atoms with Crippen molar-refractivity contribution in [1.29, 1.82) is 5.41 Å². The smallest absolute Gasteiger partial charge is 0.422 e. The van der Waals surface area contributed by atoms with Gasteiger partial charge in [0, 0.05) is 0 Å². The van der Waals surface area contributed by atoms with Gasteiger partial charge in [-0.2, -0.15) is 8.42 Å². The molecule has 0 aliphatic rings. The van der Waals surface area contributed by atoms with Crippen molar-refractivity contribution in [2.75, 3.05) is 11.3 Å². The lowest BCUT2D eigenvalue weighted by Gasteiger charge is -2.12. The maximum Gasteiger partial charge on any atom is 0.422 e. The lowest BCUT2D eigenvalue weighted by Crippen LogP contribution is -2.36. The third-order valence-electron chi connectivity index (χ3n) is 2.02. The Kier molecular flexibility index (Phi) is 4.86. The summed E-state index contributed by atoms with van der Waals surface area (Å²) >= 11 is 0. The van der Waals surface area contributed by atoms with E-state index in [2.05, 4.69) is 4.74 Å². The molecule has 0 spiro atoms. The fraction of sp³-hybridized carbons (Fsp3) is 0.200. The number of anilines is 1. The first-order chi connectivity index (χ1) is 9.26. The van der Waals surface area contributed by atoms with E-state index < -0.39 is 33.5 Å². The lowest BCUT2D eigenvalue weighted by molar-refractivity contribution is 0.159. The van der Waals surface area contributed by atoms with Crippen molar-refractivity contribution in [3.63, 3.8) is 0 Å². The summed E-state index contributed by atoms with van der Waals surface area (Å²) in [5.74, 6) is -1.52. The quantitative estimate of drug-likeness (QED) is 0.464. The van der Waals surface area contributed by atoms with Crippen molar-refractivity contribution in [3.05, 3.63) is 29.6 Å². The number of amidine groups is 1. The first-order valence-electron chi connectivity index (χ1n) is 5.37. The van der Waals surface area contributed by atoms with Gasteiger partial charge in [-0.25, -0.2) is 13.9 Å². The highest BCUT2D eigenvalue weighted by molar-refractivity contribution is 7.91. The average molecular weight is 304 g/mol. The minimum atomic E-state index is -4.32. The molecule has 110 valence electrons. The number of ether oxygens (including phenoxy) is 1. The molecule has 1 aromatic rings. The standard InChI is InChI=1S/C10H13FN4O4S/c1-2-19-10(16)15-20(17,18)14-7-5-3-4-6(11)8(7)9(12)13/h3-5,14H,2H2,1H3,(H3,12,13)(H,15,16). The summed E-state index contributed by atoms with van der Waals surface area (Å²) in [5, 5.41) is 7.22. The van der Waals surface area contributed by atoms with Crippen molar-refractivity contribution in [3.8, 4) is 0 Å². The van der Waals surface area contributed by atoms with Gasteiger partial charge >= 0.3 is 16.3 Å². The predicted molar refractivity (Wildman–Crippen MR) is 70.1 cm³/mol. The van der Waals surface area contributed by atoms with E-state index in [0.717, 1.165) is 6.07 Å². The van der Waals surface area contributed by atoms with Crippen LogP contribution in [0, 0.1) is 11.2 Å². The van der Waals surface area contributed by atoms with Gasteiger partial charge in [0.15, 0.2) is 0 Å². The van der Waals surface area contributed by atoms with Crippen LogP contribution in [-0.2, 0) is 14.9 Å². The number of carbonyl (C=O) groups is 1. The van der Waals surface area contributed by atoms with E-state index in [9.17, 15) is 17.6 Å². The fourth-order valence-electron chi connectivity index (χ4n) is 1.32. The van der Waals surface area contributed by atoms with Crippen molar-refractivity contribution in [1.82, 2.24) is 4.72 Å². The molecule has 1 rings (SSSR count). The lowest BCUT2D eigenvalue weighted by atomic mass is 10.1. The molecule has 0 fully saturated rings. The van der Waals surface area contributed by atoms with E-state index in [0.29, 0.717) is 0 Å². The van der Waals surface area contributed by atoms with Crippen molar-refractivity contribution >= 4 is 27.8 Å². The Morgan fingerprint density at radius 3 is 2.70 bits per heavy atom. The first kappa shape index (κ1) is 15.7. The third-order valence-corrected chi connectivity index (χ3v) is 2.94. The summed E-state index contributed by atoms with van der Waals surface area (Å²) in [6, 6.07) is 3.45. The van der Waals surface area contributed by atoms with Gasteiger partial charge in [-0.15, -0.1) is 0 Å². The maximum absolute atomic E-state index is 13.5. The van der Waals surface area contributed by atoms with Crippen molar-refractivity contribution in [2.45, 2.75) is 6.92 Å². The second-order valence-corrected chi connectivity index (χ2v) is 4.92. The number of nitrogen functional groups attached to an aromatic ring is 1. The van der Waals surface area contributed by atoms with Crippen LogP contribution in [0.5, 0.6) is 0 Å². The normalized spacial score (nSPS) is 10.7. The first-order valence-corrected chi connectivity index (χ1v) is 6.85. The molecule has 0 atom stereocenters. The van der Waals surface area contributed by atoms with Crippen LogP contribution in [0.15, 0.2) is 18.2 Å². The van der Waals surface area contributed by atoms with E-state index >= 15 is 0 Å². The summed E-state index contributed by atoms with van der Waals surface area (Å²) in [4.78, 5) is 11.0. The van der Waals surface area contributed by atoms with Crippen LogP contribution in [0.1, 0.15) is 12.5 Å². The molecule has 8 nitrogen and oxygen atoms in total. The molecule has 0 aliphatic heterocycles. The van der Waals surface area contributed by atoms with Crippen LogP contribution in [0.3, 0.4) is 0 Å². The molecular formula is C10H13FN4O4S. The summed E-state index contributed by atoms with van der Waals surface area (Å²) in [5.41, 5.74) is 4.50. The Morgan fingerprint density at radius 2 is 2.15 bits per heavy atom. The molecule has 5 N–H and O–H groups in total. The van der Waals surface area contributed by atoms with Crippen LogP contribution in [0.2, 0.25) is 0 Å². The van der Waals surface area contributed by atoms with E-state index in [-0.39, 0.29) is 12.3 Å². The van der Waals surface area contributed by atoms with Gasteiger partial charge in [-0.1, -0.05) is 6.07 Å². The second-order valence-electron chi connectivity index (χ2n) is 3.50. The van der Waals surface area contributed by atoms with Crippen LogP contribution in [-0.4, -0.2) is 27.0 Å². The van der Waals surface area contributed by atoms with E-state index in [1.54, 1.807) is 4.72 Å². The predicted octanol–water partition coefficient (Wildman–Crippen LogP) is 0.513. The summed E-state index contributed by atoms with van der Waals surface area (Å²) in [6.45, 7) is 1.49. The van der Waals surface area contributed by atoms with E-state index in [4.69, 9.17) is 11.1 Å². The summed E-state index contributed by atoms with van der Waals surface area (Å²) in [7, 11) is -4.32. The zero-order chi connectivity index (χ0) is 15.3. The minimum Gasteiger partial charge on any atom is -0.449 e. The number of carbonyl (C=O) groups excluding carboxylic acids is 1. The van der Waals surface area contributed by atoms with Crippen LogP contribution in [0.4, 0.5) is 14.9 Å². The van der Waals surface area contributed by atoms with Crippen LogP contribution in [0.25, 0.3) is 0 Å². The number of nitrogens with two attached hydrogens (primary N) is 1. The topological polar surface area (TPSA) is 134 Å². The Bertz CT molecular complexity index is 632. The Morgan fingerprint density at radius 1 is 1.50 bits per heavy atom. The highest BCUT2D eigenvalue weighted by Crippen LogP contribution is 2.19. The maximum atomic E-state index is 13.5. The molecule has 0 saturated heterocycles. The molecule has 0 aliphatic carbocycles. The molecule has 1 aromatic carbocycles. The molecule has 10 heteroatoms. The number of hydrogen-bond acceptors (Lipinski definition) is 5. The van der Waals surface area contributed by atoms with Crippen LogP contribution < -0.4 is 15.2 Å². The van der Waals surface area contributed by atoms with Gasteiger partial charge in [-0.05, 0) is 19.1 Å². The molecule has 0 unspecified atom stereocenters. The highest BCUT2D eigenvalue weighted by atomic mass is 32.2. The number of nitrogens with one attached hydrogen (secondary N) is 3. The second kappa shape index (κ2) is 6.19. The molecule has 20 heavy (non-hydrogen) atoms. The third kappa shape index (κ3) is 4.09. The van der Waals surface area contributed by atoms with Gasteiger partial charge in [0.25, 0.3) is 0 Å². The monoisotopic (exact) mass is 304 g/mol. The fourth-order valence-corrected chi connectivity index (χ4v) is 2.11. The highest BCUT2D eigenvalue weighted by Gasteiger charge is 2.19. The summed E-state index contributed by atoms with van der Waals surface area (Å²) < 4.78 is 44.6. The Labute approximate surface area is 114 Å². The van der Waals surface area contributed by atoms with Crippen molar-refractivity contribution in [2.24, 2.45) is 5.73 Å². The van der Waals surface area contributed by atoms with Gasteiger partial charge < -0.3 is 10.5 Å². The van der Waals surface area contributed by atoms with E-state index in [1.165, 1.54) is 19.1 Å². The van der Waals surface area contributed by atoms with Gasteiger partial charge in [0.1, 0.15) is 11.7 Å². The molecule has 0 aromatic heterocycles. The number of hydrogen-bond donors (Lipinski definition) is 4. The van der Waals surface area contributed by atoms with Crippen molar-refractivity contribution < 1.29 is 22.3 Å². The number of halogens is 1. The zero-order valence-corrected chi connectivity index (χ0v) is 11.3.